The fourth-order valence-corrected chi connectivity index (χ4v) is 2.10. The monoisotopic (exact) mass is 301 g/mol. The van der Waals surface area contributed by atoms with Crippen LogP contribution in [0.15, 0.2) is 36.7 Å². The average molecular weight is 301 g/mol. The van der Waals surface area contributed by atoms with Crippen LogP contribution in [-0.2, 0) is 23.0 Å². The maximum absolute atomic E-state index is 12.0. The molecular weight excluding hydrogens is 282 g/mol. The Morgan fingerprint density at radius 2 is 2.00 bits per heavy atom. The molecule has 2 rings (SSSR count). The van der Waals surface area contributed by atoms with Gasteiger partial charge in [0, 0.05) is 18.9 Å². The maximum Gasteiger partial charge on any atom is 0.308 e. The zero-order chi connectivity index (χ0) is 16.1. The normalized spacial score (nSPS) is 11.8. The zero-order valence-corrected chi connectivity index (χ0v) is 12.9. The number of anilines is 1. The highest BCUT2D eigenvalue weighted by Crippen LogP contribution is 2.15. The molecule has 0 saturated heterocycles. The number of aryl methyl sites for hydroxylation is 1. The van der Waals surface area contributed by atoms with Crippen LogP contribution < -0.4 is 5.32 Å². The van der Waals surface area contributed by atoms with Crippen molar-refractivity contribution in [1.82, 2.24) is 9.78 Å². The molecule has 0 aliphatic carbocycles. The molecule has 0 unspecified atom stereocenters. The molecule has 0 saturated carbocycles. The standard InChI is InChI=1S/C16H19N3O3/c1-11(16(21)22-3)8-12-4-6-14(7-5-12)18-15(20)13-9-17-19(2)10-13/h4-7,9-11H,8H2,1-3H3,(H,18,20)/t11-/m0/s1. The van der Waals surface area contributed by atoms with Gasteiger partial charge < -0.3 is 10.1 Å². The van der Waals surface area contributed by atoms with Crippen molar-refractivity contribution in [3.05, 3.63) is 47.8 Å². The van der Waals surface area contributed by atoms with E-state index < -0.39 is 0 Å². The molecule has 116 valence electrons. The molecule has 1 N–H and O–H groups in total. The van der Waals surface area contributed by atoms with Gasteiger partial charge in [-0.25, -0.2) is 0 Å². The van der Waals surface area contributed by atoms with Gasteiger partial charge in [-0.3, -0.25) is 14.3 Å². The molecule has 6 heteroatoms. The Morgan fingerprint density at radius 1 is 1.32 bits per heavy atom. The lowest BCUT2D eigenvalue weighted by Crippen LogP contribution is -2.15. The largest absolute Gasteiger partial charge is 0.469 e. The minimum Gasteiger partial charge on any atom is -0.469 e. The topological polar surface area (TPSA) is 73.2 Å². The fourth-order valence-electron chi connectivity index (χ4n) is 2.10. The number of hydrogen-bond acceptors (Lipinski definition) is 4. The van der Waals surface area contributed by atoms with Crippen molar-refractivity contribution < 1.29 is 14.3 Å². The lowest BCUT2D eigenvalue weighted by Gasteiger charge is -2.10. The summed E-state index contributed by atoms with van der Waals surface area (Å²) in [6, 6.07) is 7.40. The van der Waals surface area contributed by atoms with E-state index in [0.29, 0.717) is 17.7 Å². The number of hydrogen-bond donors (Lipinski definition) is 1. The first-order valence-electron chi connectivity index (χ1n) is 6.96. The number of nitrogens with one attached hydrogen (secondary N) is 1. The first kappa shape index (κ1) is 15.8. The molecule has 1 amide bonds. The molecule has 1 atom stereocenters. The third-order valence-corrected chi connectivity index (χ3v) is 3.32. The number of aromatic nitrogens is 2. The predicted octanol–water partition coefficient (Wildman–Crippen LogP) is 2.02. The molecular formula is C16H19N3O3. The number of benzene rings is 1. The second-order valence-corrected chi connectivity index (χ2v) is 5.18. The van der Waals surface area contributed by atoms with Gasteiger partial charge in [-0.15, -0.1) is 0 Å². The summed E-state index contributed by atoms with van der Waals surface area (Å²) >= 11 is 0. The van der Waals surface area contributed by atoms with Gasteiger partial charge in [-0.1, -0.05) is 19.1 Å². The number of esters is 1. The third kappa shape index (κ3) is 3.94. The highest BCUT2D eigenvalue weighted by Gasteiger charge is 2.14. The predicted molar refractivity (Wildman–Crippen MR) is 82.5 cm³/mol. The summed E-state index contributed by atoms with van der Waals surface area (Å²) in [4.78, 5) is 23.4. The first-order chi connectivity index (χ1) is 10.5. The van der Waals surface area contributed by atoms with Crippen LogP contribution in [0.1, 0.15) is 22.8 Å². The molecule has 6 nitrogen and oxygen atoms in total. The van der Waals surface area contributed by atoms with Crippen LogP contribution in [0.3, 0.4) is 0 Å². The number of ether oxygens (including phenoxy) is 1. The van der Waals surface area contributed by atoms with Gasteiger partial charge in [0.25, 0.3) is 5.91 Å². The van der Waals surface area contributed by atoms with Gasteiger partial charge in [-0.2, -0.15) is 5.10 Å². The number of carbonyl (C=O) groups excluding carboxylic acids is 2. The summed E-state index contributed by atoms with van der Waals surface area (Å²) in [5.41, 5.74) is 2.21. The lowest BCUT2D eigenvalue weighted by molar-refractivity contribution is -0.144. The summed E-state index contributed by atoms with van der Waals surface area (Å²) in [6.07, 6.45) is 3.77. The van der Waals surface area contributed by atoms with Gasteiger partial charge in [0.15, 0.2) is 0 Å². The lowest BCUT2D eigenvalue weighted by atomic mass is 10.0. The quantitative estimate of drug-likeness (QED) is 0.858. The van der Waals surface area contributed by atoms with Crippen molar-refractivity contribution in [2.24, 2.45) is 13.0 Å². The Hall–Kier alpha value is -2.63. The first-order valence-corrected chi connectivity index (χ1v) is 6.96. The second-order valence-electron chi connectivity index (χ2n) is 5.18. The van der Waals surface area contributed by atoms with Crippen LogP contribution in [0.4, 0.5) is 5.69 Å². The molecule has 0 aliphatic heterocycles. The molecule has 1 aromatic carbocycles. The van der Waals surface area contributed by atoms with Crippen LogP contribution in [-0.4, -0.2) is 28.8 Å². The minimum absolute atomic E-state index is 0.194. The van der Waals surface area contributed by atoms with E-state index in [1.807, 2.05) is 31.2 Å². The van der Waals surface area contributed by atoms with Crippen molar-refractivity contribution >= 4 is 17.6 Å². The van der Waals surface area contributed by atoms with E-state index in [4.69, 9.17) is 4.74 Å². The van der Waals surface area contributed by atoms with E-state index in [0.717, 1.165) is 5.56 Å². The number of nitrogens with zero attached hydrogens (tertiary/aromatic N) is 2. The van der Waals surface area contributed by atoms with Gasteiger partial charge in [0.05, 0.1) is 24.8 Å². The second kappa shape index (κ2) is 6.89. The number of methoxy groups -OCH3 is 1. The molecule has 0 spiro atoms. The Morgan fingerprint density at radius 3 is 2.55 bits per heavy atom. The molecule has 1 aromatic heterocycles. The summed E-state index contributed by atoms with van der Waals surface area (Å²) in [6.45, 7) is 1.82. The SMILES string of the molecule is COC(=O)[C@@H](C)Cc1ccc(NC(=O)c2cnn(C)c2)cc1. The summed E-state index contributed by atoms with van der Waals surface area (Å²) < 4.78 is 6.28. The third-order valence-electron chi connectivity index (χ3n) is 3.32. The van der Waals surface area contributed by atoms with Gasteiger partial charge in [0.1, 0.15) is 0 Å². The highest BCUT2D eigenvalue weighted by atomic mass is 16.5. The average Bonchev–Trinajstić information content (AvgIpc) is 2.95. The molecule has 2 aromatic rings. The van der Waals surface area contributed by atoms with Crippen molar-refractivity contribution in [3.63, 3.8) is 0 Å². The molecule has 22 heavy (non-hydrogen) atoms. The number of rotatable bonds is 5. The van der Waals surface area contributed by atoms with Crippen LogP contribution in [0.25, 0.3) is 0 Å². The Kier molecular flexibility index (Phi) is 4.93. The number of carbonyl (C=O) groups is 2. The van der Waals surface area contributed by atoms with Gasteiger partial charge >= 0.3 is 5.97 Å². The molecule has 0 bridgehead atoms. The van der Waals surface area contributed by atoms with Crippen molar-refractivity contribution in [2.45, 2.75) is 13.3 Å². The Balaban J connectivity index is 1.97. The van der Waals surface area contributed by atoms with E-state index >= 15 is 0 Å². The van der Waals surface area contributed by atoms with E-state index in [1.165, 1.54) is 13.3 Å². The molecule has 0 aliphatic rings. The molecule has 1 heterocycles. The van der Waals surface area contributed by atoms with E-state index in [1.54, 1.807) is 17.9 Å². The van der Waals surface area contributed by atoms with E-state index in [9.17, 15) is 9.59 Å². The molecule has 0 fully saturated rings. The summed E-state index contributed by atoms with van der Waals surface area (Å²) in [7, 11) is 3.14. The number of amides is 1. The van der Waals surface area contributed by atoms with Crippen molar-refractivity contribution in [2.75, 3.05) is 12.4 Å². The summed E-state index contributed by atoms with van der Waals surface area (Å²) in [5.74, 6) is -0.626. The van der Waals surface area contributed by atoms with Crippen molar-refractivity contribution in [3.8, 4) is 0 Å². The molecule has 0 radical (unpaired) electrons. The zero-order valence-electron chi connectivity index (χ0n) is 12.9. The van der Waals surface area contributed by atoms with Crippen molar-refractivity contribution in [1.29, 1.82) is 0 Å². The Bertz CT molecular complexity index is 662. The highest BCUT2D eigenvalue weighted by molar-refractivity contribution is 6.03. The van der Waals surface area contributed by atoms with Gasteiger partial charge in [0.2, 0.25) is 0 Å². The van der Waals surface area contributed by atoms with Crippen LogP contribution in [0, 0.1) is 5.92 Å². The summed E-state index contributed by atoms with van der Waals surface area (Å²) in [5, 5.41) is 6.76. The fraction of sp³-hybridized carbons (Fsp3) is 0.312. The van der Waals surface area contributed by atoms with Crippen LogP contribution >= 0.6 is 0 Å². The minimum atomic E-state index is -0.228. The van der Waals surface area contributed by atoms with Crippen LogP contribution in [0.2, 0.25) is 0 Å². The van der Waals surface area contributed by atoms with Gasteiger partial charge in [-0.05, 0) is 24.1 Å². The van der Waals surface area contributed by atoms with E-state index in [2.05, 4.69) is 10.4 Å². The smallest absolute Gasteiger partial charge is 0.308 e. The van der Waals surface area contributed by atoms with Crippen LogP contribution in [0.5, 0.6) is 0 Å². The maximum atomic E-state index is 12.0. The Labute approximate surface area is 129 Å². The van der Waals surface area contributed by atoms with E-state index in [-0.39, 0.29) is 17.8 Å².